The van der Waals surface area contributed by atoms with Crippen molar-refractivity contribution in [2.45, 2.75) is 38.6 Å². The van der Waals surface area contributed by atoms with E-state index in [1.54, 1.807) is 18.7 Å². The van der Waals surface area contributed by atoms with Gasteiger partial charge in [-0.25, -0.2) is 0 Å². The fourth-order valence-corrected chi connectivity index (χ4v) is 1.64. The first-order valence-corrected chi connectivity index (χ1v) is 4.95. The van der Waals surface area contributed by atoms with Gasteiger partial charge in [0, 0.05) is 13.6 Å². The molecular weight excluding hydrogens is 164 g/mol. The molecule has 76 valence electrons. The second kappa shape index (κ2) is 3.66. The molecule has 0 heterocycles. The molecule has 0 spiro atoms. The highest BCUT2D eigenvalue weighted by Gasteiger charge is 2.28. The number of nitrogens with zero attached hydrogens (tertiary/aromatic N) is 1. The third-order valence-electron chi connectivity index (χ3n) is 2.65. The van der Waals surface area contributed by atoms with Gasteiger partial charge in [0.25, 0.3) is 0 Å². The van der Waals surface area contributed by atoms with Gasteiger partial charge in [-0.05, 0) is 32.6 Å². The Kier molecular flexibility index (Phi) is 2.96. The Morgan fingerprint density at radius 3 is 2.38 bits per heavy atom. The van der Waals surface area contributed by atoms with E-state index < -0.39 is 5.54 Å². The van der Waals surface area contributed by atoms with Crippen molar-refractivity contribution in [3.63, 3.8) is 0 Å². The molecule has 0 aromatic rings. The van der Waals surface area contributed by atoms with Gasteiger partial charge in [-0.2, -0.15) is 0 Å². The highest BCUT2D eigenvalue weighted by atomic mass is 16.2. The van der Waals surface area contributed by atoms with E-state index >= 15 is 0 Å². The molecule has 1 amide bonds. The van der Waals surface area contributed by atoms with E-state index in [9.17, 15) is 4.79 Å². The van der Waals surface area contributed by atoms with Crippen LogP contribution in [0.2, 0.25) is 0 Å². The number of carbonyl (C=O) groups is 1. The molecule has 13 heavy (non-hydrogen) atoms. The largest absolute Gasteiger partial charge is 0.344 e. The molecule has 0 aliphatic heterocycles. The molecule has 0 radical (unpaired) electrons. The number of likely N-dealkylation sites (N-methyl/N-ethyl adjacent to an activating group) is 1. The van der Waals surface area contributed by atoms with E-state index in [0.29, 0.717) is 0 Å². The number of hydrogen-bond donors (Lipinski definition) is 1. The summed E-state index contributed by atoms with van der Waals surface area (Å²) >= 11 is 0. The van der Waals surface area contributed by atoms with Gasteiger partial charge in [-0.15, -0.1) is 0 Å². The number of amides is 1. The highest BCUT2D eigenvalue weighted by Crippen LogP contribution is 2.27. The van der Waals surface area contributed by atoms with Gasteiger partial charge >= 0.3 is 0 Å². The van der Waals surface area contributed by atoms with E-state index in [-0.39, 0.29) is 5.91 Å². The summed E-state index contributed by atoms with van der Waals surface area (Å²) in [6, 6.07) is 0. The second-order valence-corrected chi connectivity index (χ2v) is 4.70. The molecule has 1 aliphatic carbocycles. The fourth-order valence-electron chi connectivity index (χ4n) is 1.64. The molecule has 0 unspecified atom stereocenters. The van der Waals surface area contributed by atoms with Crippen LogP contribution in [0.1, 0.15) is 33.1 Å². The SMILES string of the molecule is CN(CC1CCC1)C(=O)C(C)(C)N. The molecule has 0 saturated heterocycles. The van der Waals surface area contributed by atoms with Gasteiger partial charge in [0.15, 0.2) is 0 Å². The Morgan fingerprint density at radius 1 is 1.54 bits per heavy atom. The van der Waals surface area contributed by atoms with Crippen LogP contribution in [-0.4, -0.2) is 29.9 Å². The Labute approximate surface area is 80.3 Å². The predicted octanol–water partition coefficient (Wildman–Crippen LogP) is 0.982. The minimum absolute atomic E-state index is 0.0411. The first-order chi connectivity index (χ1) is 5.91. The summed E-state index contributed by atoms with van der Waals surface area (Å²) in [6.07, 6.45) is 3.85. The van der Waals surface area contributed by atoms with Crippen LogP contribution in [0, 0.1) is 5.92 Å². The lowest BCUT2D eigenvalue weighted by Gasteiger charge is -2.33. The molecular formula is C10H20N2O. The van der Waals surface area contributed by atoms with Crippen molar-refractivity contribution < 1.29 is 4.79 Å². The molecule has 1 rings (SSSR count). The number of rotatable bonds is 3. The van der Waals surface area contributed by atoms with Crippen molar-refractivity contribution in [2.24, 2.45) is 11.7 Å². The lowest BCUT2D eigenvalue weighted by molar-refractivity contribution is -0.135. The van der Waals surface area contributed by atoms with Crippen LogP contribution in [0.3, 0.4) is 0 Å². The van der Waals surface area contributed by atoms with Crippen molar-refractivity contribution in [2.75, 3.05) is 13.6 Å². The topological polar surface area (TPSA) is 46.3 Å². The van der Waals surface area contributed by atoms with Gasteiger partial charge in [-0.3, -0.25) is 4.79 Å². The Hall–Kier alpha value is -0.570. The van der Waals surface area contributed by atoms with Gasteiger partial charge < -0.3 is 10.6 Å². The van der Waals surface area contributed by atoms with Crippen molar-refractivity contribution in [3.05, 3.63) is 0 Å². The molecule has 1 saturated carbocycles. The number of carbonyl (C=O) groups excluding carboxylic acids is 1. The van der Waals surface area contributed by atoms with Gasteiger partial charge in [0.2, 0.25) is 5.91 Å². The minimum Gasteiger partial charge on any atom is -0.344 e. The molecule has 0 aromatic heterocycles. The number of hydrogen-bond acceptors (Lipinski definition) is 2. The summed E-state index contributed by atoms with van der Waals surface area (Å²) < 4.78 is 0. The maximum atomic E-state index is 11.6. The van der Waals surface area contributed by atoms with Crippen LogP contribution in [0.25, 0.3) is 0 Å². The zero-order valence-electron chi connectivity index (χ0n) is 8.84. The Morgan fingerprint density at radius 2 is 2.08 bits per heavy atom. The van der Waals surface area contributed by atoms with Crippen LogP contribution < -0.4 is 5.73 Å². The third kappa shape index (κ3) is 2.69. The molecule has 3 heteroatoms. The molecule has 0 atom stereocenters. The average molecular weight is 184 g/mol. The first-order valence-electron chi connectivity index (χ1n) is 4.95. The van der Waals surface area contributed by atoms with E-state index in [2.05, 4.69) is 0 Å². The average Bonchev–Trinajstić information content (AvgIpc) is 1.93. The molecule has 2 N–H and O–H groups in total. The van der Waals surface area contributed by atoms with Gasteiger partial charge in [0.1, 0.15) is 0 Å². The second-order valence-electron chi connectivity index (χ2n) is 4.70. The van der Waals surface area contributed by atoms with Crippen molar-refractivity contribution >= 4 is 5.91 Å². The fraction of sp³-hybridized carbons (Fsp3) is 0.900. The smallest absolute Gasteiger partial charge is 0.241 e. The molecule has 0 bridgehead atoms. The van der Waals surface area contributed by atoms with Crippen molar-refractivity contribution in [1.82, 2.24) is 4.90 Å². The zero-order chi connectivity index (χ0) is 10.1. The minimum atomic E-state index is -0.724. The van der Waals surface area contributed by atoms with Crippen LogP contribution in [0.4, 0.5) is 0 Å². The van der Waals surface area contributed by atoms with Crippen molar-refractivity contribution in [1.29, 1.82) is 0 Å². The summed E-state index contributed by atoms with van der Waals surface area (Å²) in [5, 5.41) is 0. The van der Waals surface area contributed by atoms with Gasteiger partial charge in [0.05, 0.1) is 5.54 Å². The van der Waals surface area contributed by atoms with Crippen molar-refractivity contribution in [3.8, 4) is 0 Å². The van der Waals surface area contributed by atoms with Crippen LogP contribution >= 0.6 is 0 Å². The highest BCUT2D eigenvalue weighted by molar-refractivity contribution is 5.84. The van der Waals surface area contributed by atoms with E-state index in [1.807, 2.05) is 7.05 Å². The summed E-state index contributed by atoms with van der Waals surface area (Å²) in [7, 11) is 1.84. The maximum Gasteiger partial charge on any atom is 0.241 e. The van der Waals surface area contributed by atoms with Crippen LogP contribution in [-0.2, 0) is 4.79 Å². The molecule has 1 fully saturated rings. The third-order valence-corrected chi connectivity index (χ3v) is 2.65. The van der Waals surface area contributed by atoms with Crippen LogP contribution in [0.5, 0.6) is 0 Å². The standard InChI is InChI=1S/C10H20N2O/c1-10(2,11)9(13)12(3)7-8-5-4-6-8/h8H,4-7,11H2,1-3H3. The zero-order valence-corrected chi connectivity index (χ0v) is 8.84. The van der Waals surface area contributed by atoms with E-state index in [0.717, 1.165) is 12.5 Å². The molecule has 3 nitrogen and oxygen atoms in total. The lowest BCUT2D eigenvalue weighted by atomic mass is 9.85. The monoisotopic (exact) mass is 184 g/mol. The summed E-state index contributed by atoms with van der Waals surface area (Å²) in [5.74, 6) is 0.760. The Bertz CT molecular complexity index is 192. The summed E-state index contributed by atoms with van der Waals surface area (Å²) in [4.78, 5) is 13.4. The molecule has 0 aromatic carbocycles. The number of nitrogens with two attached hydrogens (primary N) is 1. The normalized spacial score (nSPS) is 18.2. The summed E-state index contributed by atoms with van der Waals surface area (Å²) in [5.41, 5.74) is 5.00. The Balaban J connectivity index is 2.37. The molecule has 1 aliphatic rings. The van der Waals surface area contributed by atoms with E-state index in [4.69, 9.17) is 5.73 Å². The quantitative estimate of drug-likeness (QED) is 0.710. The lowest BCUT2D eigenvalue weighted by Crippen LogP contribution is -2.51. The summed E-state index contributed by atoms with van der Waals surface area (Å²) in [6.45, 7) is 4.39. The first kappa shape index (κ1) is 10.5. The van der Waals surface area contributed by atoms with Gasteiger partial charge in [-0.1, -0.05) is 6.42 Å². The van der Waals surface area contributed by atoms with E-state index in [1.165, 1.54) is 19.3 Å². The predicted molar refractivity (Wildman–Crippen MR) is 53.2 cm³/mol. The maximum absolute atomic E-state index is 11.6. The van der Waals surface area contributed by atoms with Crippen LogP contribution in [0.15, 0.2) is 0 Å².